The van der Waals surface area contributed by atoms with E-state index < -0.39 is 11.9 Å². The zero-order valence-electron chi connectivity index (χ0n) is 10.2. The zero-order chi connectivity index (χ0) is 12.6. The summed E-state index contributed by atoms with van der Waals surface area (Å²) in [5.74, 6) is -0.172. The number of nitrogens with one attached hydrogen (secondary N) is 1. The van der Waals surface area contributed by atoms with Crippen molar-refractivity contribution in [1.29, 1.82) is 0 Å². The van der Waals surface area contributed by atoms with Gasteiger partial charge in [-0.05, 0) is 18.6 Å². The van der Waals surface area contributed by atoms with Gasteiger partial charge in [-0.1, -0.05) is 26.0 Å². The van der Waals surface area contributed by atoms with Gasteiger partial charge in [-0.3, -0.25) is 4.79 Å². The van der Waals surface area contributed by atoms with E-state index in [2.05, 4.69) is 23.8 Å². The van der Waals surface area contributed by atoms with Crippen molar-refractivity contribution in [3.63, 3.8) is 0 Å². The zero-order valence-corrected chi connectivity index (χ0v) is 10.2. The molecule has 0 fully saturated rings. The van der Waals surface area contributed by atoms with Crippen LogP contribution in [0.2, 0.25) is 0 Å². The number of para-hydroxylation sites is 1. The Balaban J connectivity index is 2.60. The van der Waals surface area contributed by atoms with Gasteiger partial charge in [0.25, 0.3) is 0 Å². The van der Waals surface area contributed by atoms with Gasteiger partial charge in [-0.25, -0.2) is 4.98 Å². The van der Waals surface area contributed by atoms with Gasteiger partial charge in [-0.15, -0.1) is 0 Å². The highest BCUT2D eigenvalue weighted by atomic mass is 16.4. The van der Waals surface area contributed by atoms with Crippen molar-refractivity contribution in [2.24, 2.45) is 0 Å². The molecule has 1 aromatic carbocycles. The summed E-state index contributed by atoms with van der Waals surface area (Å²) in [6, 6.07) is 5.61. The second-order valence-corrected chi connectivity index (χ2v) is 4.58. The number of aromatic amines is 1. The van der Waals surface area contributed by atoms with Crippen LogP contribution in [-0.2, 0) is 4.79 Å². The third-order valence-corrected chi connectivity index (χ3v) is 2.95. The predicted octanol–water partition coefficient (Wildman–Crippen LogP) is 2.87. The van der Waals surface area contributed by atoms with Gasteiger partial charge in [0.2, 0.25) is 0 Å². The number of benzene rings is 1. The van der Waals surface area contributed by atoms with Crippen LogP contribution in [-0.4, -0.2) is 21.0 Å². The van der Waals surface area contributed by atoms with Crippen LogP contribution < -0.4 is 0 Å². The Morgan fingerprint density at radius 2 is 2.06 bits per heavy atom. The molecular formula is C13H16N2O2. The largest absolute Gasteiger partial charge is 0.481 e. The molecule has 0 radical (unpaired) electrons. The van der Waals surface area contributed by atoms with Crippen molar-refractivity contribution >= 4 is 17.0 Å². The summed E-state index contributed by atoms with van der Waals surface area (Å²) in [5, 5.41) is 9.07. The Bertz CT molecular complexity index is 558. The first kappa shape index (κ1) is 11.6. The molecule has 1 atom stereocenters. The fourth-order valence-electron chi connectivity index (χ4n) is 1.83. The molecule has 0 aliphatic rings. The molecule has 0 aliphatic carbocycles. The van der Waals surface area contributed by atoms with Crippen LogP contribution >= 0.6 is 0 Å². The van der Waals surface area contributed by atoms with E-state index in [9.17, 15) is 4.79 Å². The molecule has 17 heavy (non-hydrogen) atoms. The van der Waals surface area contributed by atoms with Crippen LogP contribution in [0.5, 0.6) is 0 Å². The minimum Gasteiger partial charge on any atom is -0.481 e. The summed E-state index contributed by atoms with van der Waals surface area (Å²) in [6.07, 6.45) is 0. The predicted molar refractivity (Wildman–Crippen MR) is 66.2 cm³/mol. The van der Waals surface area contributed by atoms with Crippen molar-refractivity contribution in [3.05, 3.63) is 29.6 Å². The number of aliphatic carboxylic acids is 1. The molecule has 0 saturated heterocycles. The number of carboxylic acid groups (broad SMARTS) is 1. The number of hydrogen-bond donors (Lipinski definition) is 2. The van der Waals surface area contributed by atoms with E-state index >= 15 is 0 Å². The Morgan fingerprint density at radius 3 is 2.65 bits per heavy atom. The molecule has 4 heteroatoms. The Kier molecular flexibility index (Phi) is 2.88. The molecule has 0 bridgehead atoms. The van der Waals surface area contributed by atoms with E-state index in [-0.39, 0.29) is 0 Å². The number of carboxylic acids is 1. The molecule has 0 amide bonds. The summed E-state index contributed by atoms with van der Waals surface area (Å²) >= 11 is 0. The SMILES string of the molecule is CC(C)c1nc2c(C(C)C(=O)O)cccc2[nH]1. The van der Waals surface area contributed by atoms with Crippen LogP contribution in [0.25, 0.3) is 11.0 Å². The molecule has 0 aliphatic heterocycles. The van der Waals surface area contributed by atoms with Gasteiger partial charge in [0.15, 0.2) is 0 Å². The fourth-order valence-corrected chi connectivity index (χ4v) is 1.83. The van der Waals surface area contributed by atoms with E-state index in [1.165, 1.54) is 0 Å². The molecule has 1 unspecified atom stereocenters. The lowest BCUT2D eigenvalue weighted by atomic mass is 10.00. The van der Waals surface area contributed by atoms with Gasteiger partial charge < -0.3 is 10.1 Å². The molecule has 2 N–H and O–H groups in total. The normalized spacial score (nSPS) is 13.2. The third kappa shape index (κ3) is 2.02. The smallest absolute Gasteiger partial charge is 0.310 e. The first-order valence-electron chi connectivity index (χ1n) is 5.72. The summed E-state index contributed by atoms with van der Waals surface area (Å²) in [7, 11) is 0. The first-order chi connectivity index (χ1) is 8.00. The summed E-state index contributed by atoms with van der Waals surface area (Å²) < 4.78 is 0. The maximum absolute atomic E-state index is 11.0. The highest BCUT2D eigenvalue weighted by molar-refractivity contribution is 5.86. The van der Waals surface area contributed by atoms with E-state index in [0.717, 1.165) is 22.4 Å². The van der Waals surface area contributed by atoms with Crippen molar-refractivity contribution in [1.82, 2.24) is 9.97 Å². The maximum Gasteiger partial charge on any atom is 0.310 e. The number of rotatable bonds is 3. The molecule has 0 saturated carbocycles. The van der Waals surface area contributed by atoms with Crippen LogP contribution in [0.1, 0.15) is 44.0 Å². The summed E-state index contributed by atoms with van der Waals surface area (Å²) in [5.41, 5.74) is 2.43. The van der Waals surface area contributed by atoms with Crippen LogP contribution in [0.4, 0.5) is 0 Å². The maximum atomic E-state index is 11.0. The van der Waals surface area contributed by atoms with E-state index in [1.54, 1.807) is 6.92 Å². The highest BCUT2D eigenvalue weighted by Gasteiger charge is 2.18. The molecular weight excluding hydrogens is 216 g/mol. The first-order valence-corrected chi connectivity index (χ1v) is 5.72. The minimum absolute atomic E-state index is 0.301. The monoisotopic (exact) mass is 232 g/mol. The number of aromatic nitrogens is 2. The van der Waals surface area contributed by atoms with Crippen molar-refractivity contribution in [2.75, 3.05) is 0 Å². The number of imidazole rings is 1. The highest BCUT2D eigenvalue weighted by Crippen LogP contribution is 2.25. The molecule has 4 nitrogen and oxygen atoms in total. The Labute approximate surface area is 99.7 Å². The van der Waals surface area contributed by atoms with E-state index in [1.807, 2.05) is 18.2 Å². The summed E-state index contributed by atoms with van der Waals surface area (Å²) in [6.45, 7) is 5.79. The second kappa shape index (κ2) is 4.20. The van der Waals surface area contributed by atoms with E-state index in [0.29, 0.717) is 5.92 Å². The molecule has 90 valence electrons. The van der Waals surface area contributed by atoms with Crippen molar-refractivity contribution < 1.29 is 9.90 Å². The molecule has 1 aromatic heterocycles. The second-order valence-electron chi connectivity index (χ2n) is 4.58. The lowest BCUT2D eigenvalue weighted by Gasteiger charge is -2.06. The van der Waals surface area contributed by atoms with Crippen molar-refractivity contribution in [3.8, 4) is 0 Å². The number of nitrogens with zero attached hydrogens (tertiary/aromatic N) is 1. The molecule has 2 aromatic rings. The lowest BCUT2D eigenvalue weighted by molar-refractivity contribution is -0.138. The average Bonchev–Trinajstić information content (AvgIpc) is 2.71. The number of H-pyrrole nitrogens is 1. The quantitative estimate of drug-likeness (QED) is 0.855. The third-order valence-electron chi connectivity index (χ3n) is 2.95. The van der Waals surface area contributed by atoms with Gasteiger partial charge in [0.1, 0.15) is 5.82 Å². The number of carbonyl (C=O) groups is 1. The van der Waals surface area contributed by atoms with Crippen LogP contribution in [0.3, 0.4) is 0 Å². The topological polar surface area (TPSA) is 66.0 Å². The summed E-state index contributed by atoms with van der Waals surface area (Å²) in [4.78, 5) is 18.8. The van der Waals surface area contributed by atoms with Gasteiger partial charge in [0, 0.05) is 5.92 Å². The van der Waals surface area contributed by atoms with E-state index in [4.69, 9.17) is 5.11 Å². The molecule has 2 rings (SSSR count). The molecule has 0 spiro atoms. The fraction of sp³-hybridized carbons (Fsp3) is 0.385. The van der Waals surface area contributed by atoms with Crippen molar-refractivity contribution in [2.45, 2.75) is 32.6 Å². The van der Waals surface area contributed by atoms with Crippen LogP contribution in [0, 0.1) is 0 Å². The van der Waals surface area contributed by atoms with Gasteiger partial charge in [-0.2, -0.15) is 0 Å². The number of hydrogen-bond acceptors (Lipinski definition) is 2. The average molecular weight is 232 g/mol. The lowest BCUT2D eigenvalue weighted by Crippen LogP contribution is -2.07. The number of fused-ring (bicyclic) bond motifs is 1. The van der Waals surface area contributed by atoms with Crippen LogP contribution in [0.15, 0.2) is 18.2 Å². The van der Waals surface area contributed by atoms with Gasteiger partial charge in [0.05, 0.1) is 17.0 Å². The Morgan fingerprint density at radius 1 is 1.35 bits per heavy atom. The van der Waals surface area contributed by atoms with Gasteiger partial charge >= 0.3 is 5.97 Å². The molecule has 1 heterocycles. The standard InChI is InChI=1S/C13H16N2O2/c1-7(2)12-14-10-6-4-5-9(11(10)15-12)8(3)13(16)17/h4-8H,1-3H3,(H,14,15)(H,16,17). The minimum atomic E-state index is -0.827. The Hall–Kier alpha value is -1.84.